The minimum atomic E-state index is 0.526. The fourth-order valence-electron chi connectivity index (χ4n) is 5.43. The van der Waals surface area contributed by atoms with E-state index in [1.54, 1.807) is 0 Å². The van der Waals surface area contributed by atoms with Crippen LogP contribution in [0.5, 0.6) is 0 Å². The van der Waals surface area contributed by atoms with Crippen molar-refractivity contribution in [2.45, 2.75) is 214 Å². The summed E-state index contributed by atoms with van der Waals surface area (Å²) in [5, 5.41) is 0. The summed E-state index contributed by atoms with van der Waals surface area (Å²) >= 11 is 0. The quantitative estimate of drug-likeness (QED) is 0.0639. The largest absolute Gasteiger partial charge is 0.0885 e. The highest BCUT2D eigenvalue weighted by Gasteiger charge is 2.08. The van der Waals surface area contributed by atoms with Crippen molar-refractivity contribution in [2.24, 2.45) is 5.41 Å². The molecular formula is C38H74. The maximum absolute atomic E-state index is 2.45. The standard InChI is InChI=1S/C38H74/c1-5-6-7-8-9-10-11-12-13-14-15-16-17-18-19-20-21-22-23-24-25-26-27-28-29-30-31-32-33-34-35-36-37-38(2,3)4/h17-18,24-25H,5-16,19-23,26-37H2,1-4H3/b18-17+,25-24+. The first-order chi connectivity index (χ1) is 18.6. The molecule has 0 spiro atoms. The molecule has 0 fully saturated rings. The van der Waals surface area contributed by atoms with E-state index in [2.05, 4.69) is 52.0 Å². The SMILES string of the molecule is CCCCCCCCCCCCC/C=C/CCCCC/C=C/CCCCCCCCCCCCC(C)(C)C. The Hall–Kier alpha value is -0.520. The number of hydrogen-bond acceptors (Lipinski definition) is 0. The Kier molecular flexibility index (Phi) is 30.6. The third-order valence-corrected chi connectivity index (χ3v) is 8.10. The summed E-state index contributed by atoms with van der Waals surface area (Å²) in [5.74, 6) is 0. The van der Waals surface area contributed by atoms with Crippen molar-refractivity contribution < 1.29 is 0 Å². The van der Waals surface area contributed by atoms with Crippen LogP contribution in [-0.4, -0.2) is 0 Å². The van der Waals surface area contributed by atoms with E-state index in [1.807, 2.05) is 0 Å². The molecule has 0 aromatic carbocycles. The van der Waals surface area contributed by atoms with Crippen molar-refractivity contribution in [3.05, 3.63) is 24.3 Å². The van der Waals surface area contributed by atoms with Crippen molar-refractivity contribution >= 4 is 0 Å². The van der Waals surface area contributed by atoms with Crippen LogP contribution in [0, 0.1) is 5.41 Å². The van der Waals surface area contributed by atoms with Crippen molar-refractivity contribution in [1.29, 1.82) is 0 Å². The van der Waals surface area contributed by atoms with E-state index in [9.17, 15) is 0 Å². The lowest BCUT2D eigenvalue weighted by atomic mass is 9.89. The zero-order valence-corrected chi connectivity index (χ0v) is 27.3. The van der Waals surface area contributed by atoms with Gasteiger partial charge in [-0.3, -0.25) is 0 Å². The lowest BCUT2D eigenvalue weighted by molar-refractivity contribution is 0.356. The van der Waals surface area contributed by atoms with E-state index in [0.29, 0.717) is 5.41 Å². The number of hydrogen-bond donors (Lipinski definition) is 0. The van der Waals surface area contributed by atoms with E-state index < -0.39 is 0 Å². The van der Waals surface area contributed by atoms with E-state index >= 15 is 0 Å². The van der Waals surface area contributed by atoms with Gasteiger partial charge in [0.2, 0.25) is 0 Å². The monoisotopic (exact) mass is 531 g/mol. The molecular weight excluding hydrogens is 456 g/mol. The Morgan fingerprint density at radius 3 is 0.842 bits per heavy atom. The highest BCUT2D eigenvalue weighted by atomic mass is 14.1. The molecule has 0 atom stereocenters. The van der Waals surface area contributed by atoms with Crippen LogP contribution in [0.1, 0.15) is 214 Å². The second-order valence-corrected chi connectivity index (χ2v) is 13.5. The van der Waals surface area contributed by atoms with Gasteiger partial charge < -0.3 is 0 Å². The molecule has 0 aromatic rings. The van der Waals surface area contributed by atoms with E-state index in [0.717, 1.165) is 0 Å². The van der Waals surface area contributed by atoms with E-state index in [-0.39, 0.29) is 0 Å². The Bertz CT molecular complexity index is 477. The molecule has 0 nitrogen and oxygen atoms in total. The molecule has 0 amide bonds. The first-order valence-electron chi connectivity index (χ1n) is 17.9. The van der Waals surface area contributed by atoms with Crippen molar-refractivity contribution in [1.82, 2.24) is 0 Å². The highest BCUT2D eigenvalue weighted by Crippen LogP contribution is 2.22. The average molecular weight is 531 g/mol. The molecule has 0 radical (unpaired) electrons. The van der Waals surface area contributed by atoms with Gasteiger partial charge in [-0.2, -0.15) is 0 Å². The average Bonchev–Trinajstić information content (AvgIpc) is 2.88. The molecule has 0 aliphatic heterocycles. The molecule has 0 N–H and O–H groups in total. The summed E-state index contributed by atoms with van der Waals surface area (Å²) in [6.45, 7) is 9.40. The Balaban J connectivity index is 3.17. The fraction of sp³-hybridized carbons (Fsp3) is 0.895. The van der Waals surface area contributed by atoms with Gasteiger partial charge in [0.25, 0.3) is 0 Å². The lowest BCUT2D eigenvalue weighted by Crippen LogP contribution is -2.03. The Morgan fingerprint density at radius 1 is 0.316 bits per heavy atom. The maximum Gasteiger partial charge on any atom is -0.0351 e. The molecule has 226 valence electrons. The number of unbranched alkanes of at least 4 members (excludes halogenated alkanes) is 25. The normalized spacial score (nSPS) is 12.4. The summed E-state index contributed by atoms with van der Waals surface area (Å²) in [4.78, 5) is 0. The van der Waals surface area contributed by atoms with Crippen LogP contribution in [0.25, 0.3) is 0 Å². The first kappa shape index (κ1) is 37.5. The van der Waals surface area contributed by atoms with E-state index in [1.165, 1.54) is 186 Å². The van der Waals surface area contributed by atoms with Gasteiger partial charge in [0.1, 0.15) is 0 Å². The minimum absolute atomic E-state index is 0.526. The maximum atomic E-state index is 2.45. The van der Waals surface area contributed by atoms with Gasteiger partial charge in [-0.25, -0.2) is 0 Å². The lowest BCUT2D eigenvalue weighted by Gasteiger charge is -2.17. The predicted octanol–water partition coefficient (Wildman–Crippen LogP) is 14.5. The molecule has 0 aliphatic carbocycles. The number of allylic oxidation sites excluding steroid dienone is 4. The summed E-state index contributed by atoms with van der Waals surface area (Å²) in [6.07, 6.45) is 50.8. The van der Waals surface area contributed by atoms with Crippen LogP contribution in [0.2, 0.25) is 0 Å². The molecule has 0 saturated carbocycles. The molecule has 0 aromatic heterocycles. The van der Waals surface area contributed by atoms with Gasteiger partial charge in [-0.05, 0) is 63.2 Å². The van der Waals surface area contributed by atoms with Crippen LogP contribution in [0.4, 0.5) is 0 Å². The third-order valence-electron chi connectivity index (χ3n) is 8.10. The summed E-state index contributed by atoms with van der Waals surface area (Å²) < 4.78 is 0. The minimum Gasteiger partial charge on any atom is -0.0885 e. The van der Waals surface area contributed by atoms with Crippen LogP contribution in [0.15, 0.2) is 24.3 Å². The first-order valence-corrected chi connectivity index (χ1v) is 17.9. The van der Waals surface area contributed by atoms with Crippen LogP contribution >= 0.6 is 0 Å². The summed E-state index contributed by atoms with van der Waals surface area (Å²) in [6, 6.07) is 0. The predicted molar refractivity (Wildman–Crippen MR) is 177 cm³/mol. The van der Waals surface area contributed by atoms with Gasteiger partial charge in [-0.15, -0.1) is 0 Å². The van der Waals surface area contributed by atoms with Crippen molar-refractivity contribution in [2.75, 3.05) is 0 Å². The second kappa shape index (κ2) is 31.0. The fourth-order valence-corrected chi connectivity index (χ4v) is 5.43. The molecule has 0 unspecified atom stereocenters. The van der Waals surface area contributed by atoms with Gasteiger partial charge in [-0.1, -0.05) is 180 Å². The van der Waals surface area contributed by atoms with Gasteiger partial charge in [0.05, 0.1) is 0 Å². The van der Waals surface area contributed by atoms with Crippen LogP contribution < -0.4 is 0 Å². The molecule has 0 heteroatoms. The van der Waals surface area contributed by atoms with E-state index in [4.69, 9.17) is 0 Å². The molecule has 0 saturated heterocycles. The summed E-state index contributed by atoms with van der Waals surface area (Å²) in [7, 11) is 0. The van der Waals surface area contributed by atoms with Crippen molar-refractivity contribution in [3.8, 4) is 0 Å². The molecule has 0 heterocycles. The van der Waals surface area contributed by atoms with Gasteiger partial charge in [0.15, 0.2) is 0 Å². The number of rotatable bonds is 30. The molecule has 0 aliphatic rings. The molecule has 38 heavy (non-hydrogen) atoms. The zero-order chi connectivity index (χ0) is 27.8. The van der Waals surface area contributed by atoms with Crippen LogP contribution in [0.3, 0.4) is 0 Å². The smallest absolute Gasteiger partial charge is 0.0351 e. The zero-order valence-electron chi connectivity index (χ0n) is 27.3. The Labute approximate surface area is 243 Å². The summed E-state index contributed by atoms with van der Waals surface area (Å²) in [5.41, 5.74) is 0.526. The molecule has 0 bridgehead atoms. The second-order valence-electron chi connectivity index (χ2n) is 13.5. The highest BCUT2D eigenvalue weighted by molar-refractivity contribution is 4.83. The van der Waals surface area contributed by atoms with Gasteiger partial charge >= 0.3 is 0 Å². The van der Waals surface area contributed by atoms with Crippen LogP contribution in [-0.2, 0) is 0 Å². The van der Waals surface area contributed by atoms with Crippen molar-refractivity contribution in [3.63, 3.8) is 0 Å². The molecule has 0 rings (SSSR count). The van der Waals surface area contributed by atoms with Gasteiger partial charge in [0, 0.05) is 0 Å². The Morgan fingerprint density at radius 2 is 0.553 bits per heavy atom. The third kappa shape index (κ3) is 35.5. The topological polar surface area (TPSA) is 0 Å².